The maximum absolute atomic E-state index is 12.1. The number of aryl methyl sites for hydroxylation is 2. The zero-order chi connectivity index (χ0) is 17.1. The maximum atomic E-state index is 12.1. The van der Waals surface area contributed by atoms with Crippen LogP contribution in [0.2, 0.25) is 0 Å². The molecule has 0 bridgehead atoms. The third-order valence-corrected chi connectivity index (χ3v) is 4.18. The van der Waals surface area contributed by atoms with Crippen molar-refractivity contribution in [2.24, 2.45) is 0 Å². The molecule has 0 unspecified atom stereocenters. The van der Waals surface area contributed by atoms with Crippen LogP contribution in [0.1, 0.15) is 36.5 Å². The number of hydrogen-bond donors (Lipinski definition) is 1. The SMILES string of the molecule is CC(=Cc1cc(C)c(Oc2ccccc2)cc1C)C(=O)NC1CC1. The fourth-order valence-electron chi connectivity index (χ4n) is 2.52. The van der Waals surface area contributed by atoms with Crippen molar-refractivity contribution in [1.82, 2.24) is 5.32 Å². The van der Waals surface area contributed by atoms with Crippen molar-refractivity contribution in [3.8, 4) is 11.5 Å². The van der Waals surface area contributed by atoms with Crippen LogP contribution in [0.5, 0.6) is 11.5 Å². The van der Waals surface area contributed by atoms with E-state index in [4.69, 9.17) is 4.74 Å². The van der Waals surface area contributed by atoms with Gasteiger partial charge in [0, 0.05) is 11.6 Å². The largest absolute Gasteiger partial charge is 0.457 e. The number of ether oxygens (including phenoxy) is 1. The average Bonchev–Trinajstić information content (AvgIpc) is 3.37. The highest BCUT2D eigenvalue weighted by Crippen LogP contribution is 2.29. The minimum absolute atomic E-state index is 0.0270. The molecule has 2 aromatic carbocycles. The Bertz CT molecular complexity index is 774. The second-order valence-corrected chi connectivity index (χ2v) is 6.46. The molecular formula is C21H23NO2. The molecule has 1 aliphatic rings. The molecule has 3 rings (SSSR count). The molecule has 1 fully saturated rings. The lowest BCUT2D eigenvalue weighted by atomic mass is 10.0. The Morgan fingerprint density at radius 2 is 1.83 bits per heavy atom. The maximum Gasteiger partial charge on any atom is 0.247 e. The van der Waals surface area contributed by atoms with Crippen LogP contribution in [0.25, 0.3) is 6.08 Å². The monoisotopic (exact) mass is 321 g/mol. The summed E-state index contributed by atoms with van der Waals surface area (Å²) in [5.74, 6) is 1.69. The highest BCUT2D eigenvalue weighted by atomic mass is 16.5. The summed E-state index contributed by atoms with van der Waals surface area (Å²) in [7, 11) is 0. The molecule has 0 aromatic heterocycles. The van der Waals surface area contributed by atoms with Gasteiger partial charge < -0.3 is 10.1 Å². The minimum Gasteiger partial charge on any atom is -0.457 e. The fourth-order valence-corrected chi connectivity index (χ4v) is 2.52. The van der Waals surface area contributed by atoms with Crippen molar-refractivity contribution in [2.75, 3.05) is 0 Å². The third-order valence-electron chi connectivity index (χ3n) is 4.18. The van der Waals surface area contributed by atoms with Crippen LogP contribution in [0, 0.1) is 13.8 Å². The van der Waals surface area contributed by atoms with E-state index >= 15 is 0 Å². The van der Waals surface area contributed by atoms with Gasteiger partial charge in [-0.3, -0.25) is 4.79 Å². The van der Waals surface area contributed by atoms with Gasteiger partial charge in [-0.05, 0) is 80.6 Å². The van der Waals surface area contributed by atoms with Crippen molar-refractivity contribution in [1.29, 1.82) is 0 Å². The van der Waals surface area contributed by atoms with Crippen LogP contribution in [0.3, 0.4) is 0 Å². The van der Waals surface area contributed by atoms with Gasteiger partial charge in [0.2, 0.25) is 5.91 Å². The van der Waals surface area contributed by atoms with Crippen molar-refractivity contribution in [2.45, 2.75) is 39.7 Å². The highest BCUT2D eigenvalue weighted by molar-refractivity contribution is 5.97. The molecule has 3 heteroatoms. The Morgan fingerprint density at radius 3 is 2.50 bits per heavy atom. The normalized spacial score (nSPS) is 14.4. The van der Waals surface area contributed by atoms with E-state index in [9.17, 15) is 4.79 Å². The summed E-state index contributed by atoms with van der Waals surface area (Å²) < 4.78 is 5.96. The van der Waals surface area contributed by atoms with Crippen LogP contribution < -0.4 is 10.1 Å². The number of nitrogens with one attached hydrogen (secondary N) is 1. The lowest BCUT2D eigenvalue weighted by Gasteiger charge is -2.12. The van der Waals surface area contributed by atoms with Gasteiger partial charge in [0.05, 0.1) is 0 Å². The number of para-hydroxylation sites is 1. The van der Waals surface area contributed by atoms with Crippen LogP contribution in [-0.2, 0) is 4.79 Å². The molecule has 1 amide bonds. The van der Waals surface area contributed by atoms with Gasteiger partial charge in [0.1, 0.15) is 11.5 Å². The summed E-state index contributed by atoms with van der Waals surface area (Å²) in [6.45, 7) is 5.92. The van der Waals surface area contributed by atoms with Crippen LogP contribution in [0.4, 0.5) is 0 Å². The van der Waals surface area contributed by atoms with E-state index in [0.29, 0.717) is 6.04 Å². The minimum atomic E-state index is 0.0270. The molecule has 24 heavy (non-hydrogen) atoms. The number of amides is 1. The smallest absolute Gasteiger partial charge is 0.247 e. The quantitative estimate of drug-likeness (QED) is 0.805. The number of rotatable bonds is 5. The van der Waals surface area contributed by atoms with Crippen molar-refractivity contribution in [3.63, 3.8) is 0 Å². The molecule has 0 spiro atoms. The molecule has 0 radical (unpaired) electrons. The zero-order valence-electron chi connectivity index (χ0n) is 14.4. The first-order valence-corrected chi connectivity index (χ1v) is 8.36. The Balaban J connectivity index is 1.80. The second kappa shape index (κ2) is 6.91. The average molecular weight is 321 g/mol. The number of carbonyl (C=O) groups excluding carboxylic acids is 1. The molecule has 2 aromatic rings. The van der Waals surface area contributed by atoms with Crippen molar-refractivity contribution < 1.29 is 9.53 Å². The Kier molecular flexibility index (Phi) is 4.70. The molecule has 124 valence electrons. The number of carbonyl (C=O) groups is 1. The van der Waals surface area contributed by atoms with E-state index in [0.717, 1.165) is 46.6 Å². The summed E-state index contributed by atoms with van der Waals surface area (Å²) in [4.78, 5) is 12.1. The molecule has 1 saturated carbocycles. The molecule has 0 heterocycles. The van der Waals surface area contributed by atoms with Crippen LogP contribution >= 0.6 is 0 Å². The van der Waals surface area contributed by atoms with Crippen LogP contribution in [0.15, 0.2) is 48.0 Å². The second-order valence-electron chi connectivity index (χ2n) is 6.46. The molecule has 1 aliphatic carbocycles. The fraction of sp³-hybridized carbons (Fsp3) is 0.286. The Morgan fingerprint density at radius 1 is 1.12 bits per heavy atom. The summed E-state index contributed by atoms with van der Waals surface area (Å²) in [5, 5.41) is 3.02. The van der Waals surface area contributed by atoms with Gasteiger partial charge in [0.25, 0.3) is 0 Å². The summed E-state index contributed by atoms with van der Waals surface area (Å²) >= 11 is 0. The van der Waals surface area contributed by atoms with E-state index in [1.807, 2.05) is 63.2 Å². The summed E-state index contributed by atoms with van der Waals surface area (Å²) in [6.07, 6.45) is 4.15. The first-order chi connectivity index (χ1) is 11.5. The number of hydrogen-bond acceptors (Lipinski definition) is 2. The van der Waals surface area contributed by atoms with Gasteiger partial charge >= 0.3 is 0 Å². The molecule has 1 N–H and O–H groups in total. The van der Waals surface area contributed by atoms with Crippen molar-refractivity contribution >= 4 is 12.0 Å². The lowest BCUT2D eigenvalue weighted by Crippen LogP contribution is -2.25. The molecule has 0 atom stereocenters. The topological polar surface area (TPSA) is 38.3 Å². The van der Waals surface area contributed by atoms with Crippen molar-refractivity contribution in [3.05, 3.63) is 64.7 Å². The Labute approximate surface area is 143 Å². The Hall–Kier alpha value is -2.55. The van der Waals surface area contributed by atoms with Gasteiger partial charge in [-0.15, -0.1) is 0 Å². The van der Waals surface area contributed by atoms with Gasteiger partial charge in [-0.25, -0.2) is 0 Å². The zero-order valence-corrected chi connectivity index (χ0v) is 14.4. The van der Waals surface area contributed by atoms with E-state index in [1.165, 1.54) is 0 Å². The predicted octanol–water partition coefficient (Wildman–Crippen LogP) is 4.78. The van der Waals surface area contributed by atoms with Gasteiger partial charge in [-0.2, -0.15) is 0 Å². The molecule has 0 aliphatic heterocycles. The summed E-state index contributed by atoms with van der Waals surface area (Å²) in [6, 6.07) is 14.2. The van der Waals surface area contributed by atoms with E-state index in [1.54, 1.807) is 0 Å². The first-order valence-electron chi connectivity index (χ1n) is 8.36. The van der Waals surface area contributed by atoms with Gasteiger partial charge in [0.15, 0.2) is 0 Å². The molecular weight excluding hydrogens is 298 g/mol. The number of benzene rings is 2. The molecule has 0 saturated heterocycles. The third kappa shape index (κ3) is 4.05. The van der Waals surface area contributed by atoms with E-state index < -0.39 is 0 Å². The molecule has 3 nitrogen and oxygen atoms in total. The predicted molar refractivity (Wildman–Crippen MR) is 97.2 cm³/mol. The van der Waals surface area contributed by atoms with E-state index in [-0.39, 0.29) is 5.91 Å². The lowest BCUT2D eigenvalue weighted by molar-refractivity contribution is -0.117. The summed E-state index contributed by atoms with van der Waals surface area (Å²) in [5.41, 5.74) is 3.92. The highest BCUT2D eigenvalue weighted by Gasteiger charge is 2.23. The van der Waals surface area contributed by atoms with Gasteiger partial charge in [-0.1, -0.05) is 18.2 Å². The van der Waals surface area contributed by atoms with Crippen LogP contribution in [-0.4, -0.2) is 11.9 Å². The standard InChI is InChI=1S/C21H23NO2/c1-14-13-20(24-19-7-5-4-6-8-19)15(2)11-17(14)12-16(3)21(23)22-18-9-10-18/h4-8,11-13,18H,9-10H2,1-3H3,(H,22,23). The van der Waals surface area contributed by atoms with E-state index in [2.05, 4.69) is 11.4 Å². The first kappa shape index (κ1) is 16.3.